The zero-order valence-electron chi connectivity index (χ0n) is 9.42. The summed E-state index contributed by atoms with van der Waals surface area (Å²) in [6.07, 6.45) is 2.24. The molecule has 2 rings (SSSR count). The molecule has 4 nitrogen and oxygen atoms in total. The number of carbonyl (C=O) groups excluding carboxylic acids is 1. The molecule has 0 aliphatic heterocycles. The quantitative estimate of drug-likeness (QED) is 0.642. The van der Waals surface area contributed by atoms with Crippen molar-refractivity contribution in [3.05, 3.63) is 35.4 Å². The van der Waals surface area contributed by atoms with E-state index in [4.69, 9.17) is 0 Å². The lowest BCUT2D eigenvalue weighted by Crippen LogP contribution is -2.27. The maximum atomic E-state index is 11.7. The van der Waals surface area contributed by atoms with Crippen LogP contribution in [-0.4, -0.2) is 19.0 Å². The Morgan fingerprint density at radius 1 is 1.31 bits per heavy atom. The van der Waals surface area contributed by atoms with E-state index in [1.165, 1.54) is 0 Å². The summed E-state index contributed by atoms with van der Waals surface area (Å²) in [6, 6.07) is 8.07. The van der Waals surface area contributed by atoms with E-state index in [1.54, 1.807) is 0 Å². The molecule has 1 fully saturated rings. The summed E-state index contributed by atoms with van der Waals surface area (Å²) < 4.78 is 0. The lowest BCUT2D eigenvalue weighted by Gasteiger charge is -2.05. The molecule has 0 unspecified atom stereocenters. The summed E-state index contributed by atoms with van der Waals surface area (Å²) in [5, 5.41) is 2.97. The van der Waals surface area contributed by atoms with Gasteiger partial charge in [-0.2, -0.15) is 0 Å². The Labute approximate surface area is 95.4 Å². The van der Waals surface area contributed by atoms with Crippen molar-refractivity contribution in [3.63, 3.8) is 0 Å². The Morgan fingerprint density at radius 3 is 2.56 bits per heavy atom. The second-order valence-corrected chi connectivity index (χ2v) is 4.05. The highest BCUT2D eigenvalue weighted by molar-refractivity contribution is 5.94. The van der Waals surface area contributed by atoms with Crippen molar-refractivity contribution < 1.29 is 4.79 Å². The molecule has 1 aromatic rings. The second-order valence-electron chi connectivity index (χ2n) is 4.05. The first kappa shape index (κ1) is 11.1. The van der Waals surface area contributed by atoms with Crippen molar-refractivity contribution in [3.8, 4) is 0 Å². The van der Waals surface area contributed by atoms with Gasteiger partial charge in [-0.05, 0) is 37.6 Å². The predicted molar refractivity (Wildman–Crippen MR) is 62.8 cm³/mol. The summed E-state index contributed by atoms with van der Waals surface area (Å²) in [6.45, 7) is 0.751. The lowest BCUT2D eigenvalue weighted by atomic mass is 10.1. The number of carbonyl (C=O) groups is 1. The smallest absolute Gasteiger partial charge is 0.251 e. The fourth-order valence-corrected chi connectivity index (χ4v) is 1.46. The van der Waals surface area contributed by atoms with E-state index in [0.717, 1.165) is 30.5 Å². The highest BCUT2D eigenvalue weighted by Crippen LogP contribution is 2.19. The molecule has 1 aromatic carbocycles. The Kier molecular flexibility index (Phi) is 3.54. The number of rotatable bonds is 5. The Bertz CT molecular complexity index is 357. The van der Waals surface area contributed by atoms with Crippen LogP contribution in [0.25, 0.3) is 0 Å². The summed E-state index contributed by atoms with van der Waals surface area (Å²) in [5.41, 5.74) is 7.75. The highest BCUT2D eigenvalue weighted by Gasteiger charge is 2.23. The van der Waals surface area contributed by atoms with Crippen LogP contribution in [0.3, 0.4) is 0 Å². The van der Waals surface area contributed by atoms with E-state index in [2.05, 4.69) is 16.2 Å². The van der Waals surface area contributed by atoms with Crippen molar-refractivity contribution >= 4 is 5.91 Å². The summed E-state index contributed by atoms with van der Waals surface area (Å²) in [7, 11) is 1.83. The molecular formula is C12H17N3O. The van der Waals surface area contributed by atoms with E-state index in [-0.39, 0.29) is 5.91 Å². The van der Waals surface area contributed by atoms with Crippen molar-refractivity contribution in [2.75, 3.05) is 7.05 Å². The molecule has 0 spiro atoms. The van der Waals surface area contributed by atoms with E-state index in [9.17, 15) is 4.79 Å². The van der Waals surface area contributed by atoms with Crippen LogP contribution in [0.4, 0.5) is 0 Å². The first-order valence-electron chi connectivity index (χ1n) is 5.59. The Morgan fingerprint density at radius 2 is 2.00 bits per heavy atom. The van der Waals surface area contributed by atoms with Crippen LogP contribution < -0.4 is 16.2 Å². The Hall–Kier alpha value is -1.39. The topological polar surface area (TPSA) is 53.2 Å². The average molecular weight is 219 g/mol. The molecule has 0 atom stereocenters. The third-order valence-corrected chi connectivity index (χ3v) is 2.60. The average Bonchev–Trinajstić information content (AvgIpc) is 3.11. The van der Waals surface area contributed by atoms with Gasteiger partial charge in [-0.3, -0.25) is 15.6 Å². The minimum Gasteiger partial charge on any atom is -0.349 e. The lowest BCUT2D eigenvalue weighted by molar-refractivity contribution is 0.0951. The van der Waals surface area contributed by atoms with Gasteiger partial charge in [0.1, 0.15) is 0 Å². The van der Waals surface area contributed by atoms with Gasteiger partial charge in [0.15, 0.2) is 0 Å². The van der Waals surface area contributed by atoms with E-state index < -0.39 is 0 Å². The fourth-order valence-electron chi connectivity index (χ4n) is 1.46. The molecule has 1 aliphatic carbocycles. The van der Waals surface area contributed by atoms with Gasteiger partial charge in [0.25, 0.3) is 5.91 Å². The maximum absolute atomic E-state index is 11.7. The van der Waals surface area contributed by atoms with Gasteiger partial charge in [-0.1, -0.05) is 12.1 Å². The molecule has 0 heterocycles. The molecule has 16 heavy (non-hydrogen) atoms. The molecule has 1 amide bonds. The molecule has 0 bridgehead atoms. The summed E-state index contributed by atoms with van der Waals surface area (Å²) in [4.78, 5) is 11.7. The number of benzene rings is 1. The zero-order chi connectivity index (χ0) is 11.4. The van der Waals surface area contributed by atoms with Crippen molar-refractivity contribution in [2.45, 2.75) is 25.4 Å². The molecule has 3 N–H and O–H groups in total. The molecule has 0 aromatic heterocycles. The zero-order valence-corrected chi connectivity index (χ0v) is 9.42. The molecule has 1 saturated carbocycles. The van der Waals surface area contributed by atoms with Crippen LogP contribution in [0.15, 0.2) is 24.3 Å². The first-order valence-corrected chi connectivity index (χ1v) is 5.59. The summed E-state index contributed by atoms with van der Waals surface area (Å²) >= 11 is 0. The van der Waals surface area contributed by atoms with Crippen molar-refractivity contribution in [1.29, 1.82) is 0 Å². The van der Waals surface area contributed by atoms with Gasteiger partial charge in [-0.25, -0.2) is 0 Å². The normalized spacial score (nSPS) is 14.8. The van der Waals surface area contributed by atoms with Crippen LogP contribution in [0, 0.1) is 0 Å². The third-order valence-electron chi connectivity index (χ3n) is 2.60. The number of amides is 1. The van der Waals surface area contributed by atoms with Gasteiger partial charge in [0.2, 0.25) is 0 Å². The molecule has 86 valence electrons. The van der Waals surface area contributed by atoms with Crippen LogP contribution in [0.2, 0.25) is 0 Å². The molecule has 4 heteroatoms. The molecular weight excluding hydrogens is 202 g/mol. The first-order chi connectivity index (χ1) is 7.79. The Balaban J connectivity index is 1.92. The van der Waals surface area contributed by atoms with Gasteiger partial charge in [0, 0.05) is 18.2 Å². The van der Waals surface area contributed by atoms with Gasteiger partial charge >= 0.3 is 0 Å². The largest absolute Gasteiger partial charge is 0.349 e. The molecule has 1 aliphatic rings. The molecule has 0 radical (unpaired) electrons. The van der Waals surface area contributed by atoms with Crippen molar-refractivity contribution in [1.82, 2.24) is 16.2 Å². The minimum absolute atomic E-state index is 0.0376. The van der Waals surface area contributed by atoms with E-state index >= 15 is 0 Å². The van der Waals surface area contributed by atoms with E-state index in [0.29, 0.717) is 6.04 Å². The monoisotopic (exact) mass is 219 g/mol. The minimum atomic E-state index is 0.0376. The number of nitrogens with one attached hydrogen (secondary N) is 3. The fraction of sp³-hybridized carbons (Fsp3) is 0.417. The maximum Gasteiger partial charge on any atom is 0.251 e. The number of hydrazine groups is 1. The predicted octanol–water partition coefficient (Wildman–Crippen LogP) is 0.803. The summed E-state index contributed by atoms with van der Waals surface area (Å²) in [5.74, 6) is 0.0376. The van der Waals surface area contributed by atoms with E-state index in [1.807, 2.05) is 31.3 Å². The highest BCUT2D eigenvalue weighted by atomic mass is 16.1. The number of hydrogen-bond acceptors (Lipinski definition) is 3. The molecule has 0 saturated heterocycles. The number of hydrogen-bond donors (Lipinski definition) is 3. The van der Waals surface area contributed by atoms with Gasteiger partial charge in [0.05, 0.1) is 0 Å². The SMILES string of the molecule is CNNCc1ccc(C(=O)NC2CC2)cc1. The van der Waals surface area contributed by atoms with Crippen LogP contribution >= 0.6 is 0 Å². The van der Waals surface area contributed by atoms with Crippen LogP contribution in [-0.2, 0) is 6.54 Å². The standard InChI is InChI=1S/C12H17N3O/c1-13-14-8-9-2-4-10(5-3-9)12(16)15-11-6-7-11/h2-5,11,13-14H,6-8H2,1H3,(H,15,16). The van der Waals surface area contributed by atoms with Gasteiger partial charge < -0.3 is 5.32 Å². The second kappa shape index (κ2) is 5.09. The third kappa shape index (κ3) is 3.05. The van der Waals surface area contributed by atoms with Crippen LogP contribution in [0.1, 0.15) is 28.8 Å². The van der Waals surface area contributed by atoms with Crippen molar-refractivity contribution in [2.24, 2.45) is 0 Å². The van der Waals surface area contributed by atoms with Crippen LogP contribution in [0.5, 0.6) is 0 Å². The van der Waals surface area contributed by atoms with Gasteiger partial charge in [-0.15, -0.1) is 0 Å².